The zero-order valence-corrected chi connectivity index (χ0v) is 24.1. The minimum Gasteiger partial charge on any atom is -0.309 e. The average Bonchev–Trinajstić information content (AvgIpc) is 3.39. The molecule has 3 nitrogen and oxygen atoms in total. The van der Waals surface area contributed by atoms with Crippen molar-refractivity contribution in [3.8, 4) is 22.9 Å². The molecule has 7 aromatic rings. The lowest BCUT2D eigenvalue weighted by molar-refractivity contribution is 0.632. The van der Waals surface area contributed by atoms with Gasteiger partial charge in [-0.1, -0.05) is 98.8 Å². The van der Waals surface area contributed by atoms with Gasteiger partial charge in [-0.2, -0.15) is 5.26 Å². The van der Waals surface area contributed by atoms with Gasteiger partial charge >= 0.3 is 0 Å². The van der Waals surface area contributed by atoms with Crippen molar-refractivity contribution >= 4 is 38.9 Å². The van der Waals surface area contributed by atoms with Crippen LogP contribution in [0.2, 0.25) is 0 Å². The smallest absolute Gasteiger partial charge is 0.0991 e. The second kappa shape index (κ2) is 9.48. The summed E-state index contributed by atoms with van der Waals surface area (Å²) in [6, 6.07) is 51.8. The SMILES string of the molecule is CC1(C)c2ccccc2N(c2ccccc2-c2cccc(-n3c4ccccc4c4cc(C#N)ccc43)c2)c2ccccc21. The minimum atomic E-state index is -0.111. The fourth-order valence-corrected chi connectivity index (χ4v) is 6.97. The first-order valence-corrected chi connectivity index (χ1v) is 14.7. The first-order valence-electron chi connectivity index (χ1n) is 14.7. The zero-order valence-electron chi connectivity index (χ0n) is 24.1. The van der Waals surface area contributed by atoms with Gasteiger partial charge in [-0.25, -0.2) is 0 Å². The van der Waals surface area contributed by atoms with E-state index < -0.39 is 0 Å². The summed E-state index contributed by atoms with van der Waals surface area (Å²) in [5.41, 5.74) is 12.4. The van der Waals surface area contributed by atoms with Crippen LogP contribution in [0.25, 0.3) is 38.6 Å². The number of para-hydroxylation sites is 4. The number of hydrogen-bond donors (Lipinski definition) is 0. The van der Waals surface area contributed by atoms with Gasteiger partial charge < -0.3 is 9.47 Å². The van der Waals surface area contributed by atoms with Gasteiger partial charge in [0.05, 0.1) is 39.7 Å². The molecular formula is C40H29N3. The van der Waals surface area contributed by atoms with Crippen LogP contribution in [0.4, 0.5) is 17.1 Å². The maximum absolute atomic E-state index is 9.58. The fraction of sp³-hybridized carbons (Fsp3) is 0.0750. The van der Waals surface area contributed by atoms with Gasteiger partial charge in [0.25, 0.3) is 0 Å². The molecule has 1 aromatic heterocycles. The Labute approximate surface area is 251 Å². The Bertz CT molecular complexity index is 2200. The largest absolute Gasteiger partial charge is 0.309 e. The molecule has 3 heteroatoms. The number of aromatic nitrogens is 1. The van der Waals surface area contributed by atoms with Crippen LogP contribution in [0.1, 0.15) is 30.5 Å². The Morgan fingerprint density at radius 1 is 0.558 bits per heavy atom. The molecule has 0 unspecified atom stereocenters. The predicted octanol–water partition coefficient (Wildman–Crippen LogP) is 10.4. The van der Waals surface area contributed by atoms with E-state index in [9.17, 15) is 5.26 Å². The maximum atomic E-state index is 9.58. The van der Waals surface area contributed by atoms with E-state index in [0.717, 1.165) is 38.7 Å². The minimum absolute atomic E-state index is 0.111. The van der Waals surface area contributed by atoms with Gasteiger partial charge in [-0.05, 0) is 71.3 Å². The molecule has 0 aliphatic carbocycles. The van der Waals surface area contributed by atoms with Crippen molar-refractivity contribution < 1.29 is 0 Å². The summed E-state index contributed by atoms with van der Waals surface area (Å²) < 4.78 is 2.31. The highest BCUT2D eigenvalue weighted by atomic mass is 15.2. The van der Waals surface area contributed by atoms with Crippen LogP contribution in [0, 0.1) is 11.3 Å². The van der Waals surface area contributed by atoms with E-state index in [1.165, 1.54) is 28.1 Å². The quantitative estimate of drug-likeness (QED) is 0.219. The van der Waals surface area contributed by atoms with Gasteiger partial charge in [0.1, 0.15) is 0 Å². The molecule has 1 aliphatic rings. The first kappa shape index (κ1) is 25.1. The number of nitriles is 1. The van der Waals surface area contributed by atoms with Crippen LogP contribution in [0.3, 0.4) is 0 Å². The number of hydrogen-bond acceptors (Lipinski definition) is 2. The summed E-state index contributed by atoms with van der Waals surface area (Å²) >= 11 is 0. The average molecular weight is 552 g/mol. The monoisotopic (exact) mass is 551 g/mol. The Hall–Kier alpha value is -5.59. The van der Waals surface area contributed by atoms with E-state index in [4.69, 9.17) is 0 Å². The van der Waals surface area contributed by atoms with Crippen LogP contribution in [0.5, 0.6) is 0 Å². The molecule has 0 N–H and O–H groups in total. The highest BCUT2D eigenvalue weighted by Crippen LogP contribution is 2.53. The van der Waals surface area contributed by atoms with Crippen LogP contribution < -0.4 is 4.90 Å². The van der Waals surface area contributed by atoms with E-state index >= 15 is 0 Å². The molecule has 8 rings (SSSR count). The van der Waals surface area contributed by atoms with Gasteiger partial charge in [0.2, 0.25) is 0 Å². The van der Waals surface area contributed by atoms with E-state index in [1.807, 2.05) is 12.1 Å². The molecular weight excluding hydrogens is 522 g/mol. The third-order valence-corrected chi connectivity index (χ3v) is 9.00. The van der Waals surface area contributed by atoms with Crippen molar-refractivity contribution in [1.82, 2.24) is 4.57 Å². The molecule has 0 saturated heterocycles. The Kier molecular flexibility index (Phi) is 5.54. The van der Waals surface area contributed by atoms with E-state index in [1.54, 1.807) is 0 Å². The van der Waals surface area contributed by atoms with Crippen LogP contribution >= 0.6 is 0 Å². The lowest BCUT2D eigenvalue weighted by atomic mass is 9.73. The van der Waals surface area contributed by atoms with Crippen LogP contribution in [-0.4, -0.2) is 4.57 Å². The van der Waals surface area contributed by atoms with Crippen molar-refractivity contribution in [2.24, 2.45) is 0 Å². The Morgan fingerprint density at radius 2 is 1.19 bits per heavy atom. The second-order valence-corrected chi connectivity index (χ2v) is 11.8. The molecule has 0 bridgehead atoms. The Balaban J connectivity index is 1.34. The molecule has 0 radical (unpaired) electrons. The summed E-state index contributed by atoms with van der Waals surface area (Å²) in [5, 5.41) is 11.8. The van der Waals surface area contributed by atoms with Crippen LogP contribution in [-0.2, 0) is 5.41 Å². The molecule has 0 fully saturated rings. The van der Waals surface area contributed by atoms with Gasteiger partial charge in [0, 0.05) is 27.4 Å². The van der Waals surface area contributed by atoms with Crippen molar-refractivity contribution in [3.63, 3.8) is 0 Å². The second-order valence-electron chi connectivity index (χ2n) is 11.8. The molecule has 6 aromatic carbocycles. The molecule has 2 heterocycles. The van der Waals surface area contributed by atoms with Crippen molar-refractivity contribution in [1.29, 1.82) is 5.26 Å². The summed E-state index contributed by atoms with van der Waals surface area (Å²) in [6.07, 6.45) is 0. The summed E-state index contributed by atoms with van der Waals surface area (Å²) in [5.74, 6) is 0. The maximum Gasteiger partial charge on any atom is 0.0991 e. The van der Waals surface area contributed by atoms with Gasteiger partial charge in [0.15, 0.2) is 0 Å². The highest BCUT2D eigenvalue weighted by molar-refractivity contribution is 6.09. The number of benzene rings is 6. The number of anilines is 3. The molecule has 0 atom stereocenters. The number of rotatable bonds is 3. The normalized spacial score (nSPS) is 13.5. The molecule has 1 aliphatic heterocycles. The first-order chi connectivity index (χ1) is 21.1. The zero-order chi connectivity index (χ0) is 29.1. The predicted molar refractivity (Wildman–Crippen MR) is 178 cm³/mol. The summed E-state index contributed by atoms with van der Waals surface area (Å²) in [7, 11) is 0. The number of fused-ring (bicyclic) bond motifs is 5. The topological polar surface area (TPSA) is 32.0 Å². The van der Waals surface area contributed by atoms with Crippen molar-refractivity contribution in [2.45, 2.75) is 19.3 Å². The van der Waals surface area contributed by atoms with Crippen LogP contribution in [0.15, 0.2) is 140 Å². The van der Waals surface area contributed by atoms with Gasteiger partial charge in [-0.3, -0.25) is 0 Å². The summed E-state index contributed by atoms with van der Waals surface area (Å²) in [6.45, 7) is 4.64. The summed E-state index contributed by atoms with van der Waals surface area (Å²) in [4.78, 5) is 2.43. The molecule has 204 valence electrons. The molecule has 43 heavy (non-hydrogen) atoms. The van der Waals surface area contributed by atoms with E-state index in [2.05, 4.69) is 157 Å². The molecule has 0 spiro atoms. The lowest BCUT2D eigenvalue weighted by Gasteiger charge is -2.42. The van der Waals surface area contributed by atoms with E-state index in [-0.39, 0.29) is 5.41 Å². The third kappa shape index (κ3) is 3.74. The standard InChI is InChI=1S/C40H29N3/c1-40(2)33-16-5-9-20-38(33)43(39-21-10-6-17-34(39)40)35-18-7-3-14-30(35)28-12-11-13-29(25-28)42-36-19-8-4-15-31(36)32-24-27(26-41)22-23-37(32)42/h3-25H,1-2H3. The van der Waals surface area contributed by atoms with Gasteiger partial charge in [-0.15, -0.1) is 0 Å². The fourth-order valence-electron chi connectivity index (χ4n) is 6.97. The number of nitrogens with zero attached hydrogens (tertiary/aromatic N) is 3. The molecule has 0 saturated carbocycles. The third-order valence-electron chi connectivity index (χ3n) is 9.00. The van der Waals surface area contributed by atoms with E-state index in [0.29, 0.717) is 5.56 Å². The molecule has 0 amide bonds. The van der Waals surface area contributed by atoms with Crippen molar-refractivity contribution in [2.75, 3.05) is 4.90 Å². The Morgan fingerprint density at radius 3 is 1.93 bits per heavy atom. The van der Waals surface area contributed by atoms with Crippen molar-refractivity contribution in [3.05, 3.63) is 156 Å². The lowest BCUT2D eigenvalue weighted by Crippen LogP contribution is -2.30. The highest BCUT2D eigenvalue weighted by Gasteiger charge is 2.37.